The van der Waals surface area contributed by atoms with Crippen molar-refractivity contribution in [3.8, 4) is 0 Å². The summed E-state index contributed by atoms with van der Waals surface area (Å²) < 4.78 is 0. The Balaban J connectivity index is 0.000000112. The summed E-state index contributed by atoms with van der Waals surface area (Å²) in [5, 5.41) is 11.0. The Kier molecular flexibility index (Phi) is 5.99. The van der Waals surface area contributed by atoms with E-state index in [1.165, 1.54) is 18.5 Å². The smallest absolute Gasteiger partial charge is 0.260 e. The molecule has 4 amide bonds. The van der Waals surface area contributed by atoms with Crippen molar-refractivity contribution in [2.24, 2.45) is 11.8 Å². The van der Waals surface area contributed by atoms with Crippen LogP contribution in [0.2, 0.25) is 0 Å². The number of hydrogen-bond donors (Lipinski definition) is 4. The summed E-state index contributed by atoms with van der Waals surface area (Å²) >= 11 is 0. The molecule has 4 aliphatic heterocycles. The third-order valence-corrected chi connectivity index (χ3v) is 5.61. The Hall–Kier alpha value is -3.66. The molecular weight excluding hydrogens is 400 g/mol. The van der Waals surface area contributed by atoms with Crippen LogP contribution in [0.15, 0.2) is 36.9 Å². The van der Waals surface area contributed by atoms with Gasteiger partial charge in [-0.25, -0.2) is 0 Å². The van der Waals surface area contributed by atoms with Gasteiger partial charge in [-0.2, -0.15) is 0 Å². The molecule has 6 rings (SSSR count). The van der Waals surface area contributed by atoms with Crippen LogP contribution in [0.1, 0.15) is 43.1 Å². The van der Waals surface area contributed by atoms with Crippen molar-refractivity contribution in [3.63, 3.8) is 0 Å². The quantitative estimate of drug-likeness (QED) is 0.425. The van der Waals surface area contributed by atoms with Gasteiger partial charge in [0.05, 0.1) is 11.1 Å². The number of aromatic nitrogens is 2. The third kappa shape index (κ3) is 4.43. The number of piperidine rings is 1. The first-order valence-electron chi connectivity index (χ1n) is 10.0. The highest BCUT2D eigenvalue weighted by Gasteiger charge is 2.35. The minimum atomic E-state index is -0.363. The first-order chi connectivity index (χ1) is 15.0. The Bertz CT molecular complexity index is 1010. The van der Waals surface area contributed by atoms with E-state index >= 15 is 0 Å². The number of imide groups is 1. The molecule has 10 heteroatoms. The molecule has 2 atom stereocenters. The Labute approximate surface area is 178 Å². The number of fused-ring (bicyclic) bond motifs is 3. The van der Waals surface area contributed by atoms with Crippen LogP contribution in [0.5, 0.6) is 0 Å². The summed E-state index contributed by atoms with van der Waals surface area (Å²) in [4.78, 5) is 51.4. The van der Waals surface area contributed by atoms with Crippen molar-refractivity contribution < 1.29 is 19.2 Å². The lowest BCUT2D eigenvalue weighted by Gasteiger charge is -2.22. The van der Waals surface area contributed by atoms with Crippen LogP contribution in [0.3, 0.4) is 0 Å². The second-order valence-corrected chi connectivity index (χ2v) is 7.52. The maximum Gasteiger partial charge on any atom is 0.260 e. The van der Waals surface area contributed by atoms with Gasteiger partial charge in [0.2, 0.25) is 5.91 Å². The van der Waals surface area contributed by atoms with Crippen LogP contribution in [-0.2, 0) is 11.3 Å². The summed E-state index contributed by atoms with van der Waals surface area (Å²) in [7, 11) is 0. The summed E-state index contributed by atoms with van der Waals surface area (Å²) in [5.41, 5.74) is 2.52. The first-order valence-corrected chi connectivity index (χ1v) is 10.0. The van der Waals surface area contributed by atoms with Crippen LogP contribution in [0, 0.1) is 11.8 Å². The lowest BCUT2D eigenvalue weighted by Crippen LogP contribution is -2.36. The molecule has 2 aromatic heterocycles. The van der Waals surface area contributed by atoms with Crippen LogP contribution in [0.25, 0.3) is 0 Å². The van der Waals surface area contributed by atoms with Crippen LogP contribution < -0.4 is 21.3 Å². The molecule has 160 valence electrons. The Morgan fingerprint density at radius 3 is 2.29 bits per heavy atom. The third-order valence-electron chi connectivity index (χ3n) is 5.61. The summed E-state index contributed by atoms with van der Waals surface area (Å²) in [6.07, 6.45) is 7.24. The molecule has 0 aromatic carbocycles. The molecule has 4 aliphatic rings. The predicted octanol–water partition coefficient (Wildman–Crippen LogP) is -0.368. The van der Waals surface area contributed by atoms with Crippen molar-refractivity contribution in [3.05, 3.63) is 59.2 Å². The van der Waals surface area contributed by atoms with Gasteiger partial charge in [-0.3, -0.25) is 34.5 Å². The molecule has 31 heavy (non-hydrogen) atoms. The molecule has 0 saturated carbocycles. The maximum atomic E-state index is 11.1. The fraction of sp³-hybridized carbons (Fsp3) is 0.333. The minimum absolute atomic E-state index is 0.0115. The van der Waals surface area contributed by atoms with E-state index in [9.17, 15) is 19.2 Å². The lowest BCUT2D eigenvalue weighted by molar-refractivity contribution is -0.123. The highest BCUT2D eigenvalue weighted by atomic mass is 16.2. The second-order valence-electron chi connectivity index (χ2n) is 7.52. The van der Waals surface area contributed by atoms with Gasteiger partial charge in [0, 0.05) is 67.4 Å². The zero-order chi connectivity index (χ0) is 21.8. The average molecular weight is 422 g/mol. The first kappa shape index (κ1) is 20.6. The number of nitrogens with one attached hydrogen (secondary N) is 4. The zero-order valence-electron chi connectivity index (χ0n) is 16.7. The number of carbonyl (C=O) groups is 4. The fourth-order valence-corrected chi connectivity index (χ4v) is 3.92. The number of pyridine rings is 2. The van der Waals surface area contributed by atoms with Crippen molar-refractivity contribution in [1.82, 2.24) is 31.2 Å². The van der Waals surface area contributed by atoms with Crippen LogP contribution in [0.4, 0.5) is 0 Å². The van der Waals surface area contributed by atoms with E-state index in [0.717, 1.165) is 37.2 Å². The topological polar surface area (TPSA) is 142 Å². The summed E-state index contributed by atoms with van der Waals surface area (Å²) in [5.74, 6) is 0.469. The number of carbonyl (C=O) groups excluding carboxylic acids is 4. The molecule has 6 heterocycles. The van der Waals surface area contributed by atoms with E-state index in [1.54, 1.807) is 18.5 Å². The van der Waals surface area contributed by atoms with Crippen molar-refractivity contribution in [2.45, 2.75) is 13.0 Å². The highest BCUT2D eigenvalue weighted by molar-refractivity contribution is 6.21. The lowest BCUT2D eigenvalue weighted by atomic mass is 9.89. The van der Waals surface area contributed by atoms with Gasteiger partial charge in [-0.15, -0.1) is 0 Å². The monoisotopic (exact) mass is 422 g/mol. The van der Waals surface area contributed by atoms with E-state index < -0.39 is 0 Å². The van der Waals surface area contributed by atoms with Gasteiger partial charge >= 0.3 is 0 Å². The number of rotatable bonds is 0. The van der Waals surface area contributed by atoms with Crippen LogP contribution in [-0.4, -0.2) is 53.2 Å². The largest absolute Gasteiger partial charge is 0.355 e. The normalized spacial score (nSPS) is 22.5. The van der Waals surface area contributed by atoms with Gasteiger partial charge in [0.15, 0.2) is 0 Å². The Morgan fingerprint density at radius 2 is 1.55 bits per heavy atom. The van der Waals surface area contributed by atoms with Gasteiger partial charge in [0.25, 0.3) is 17.7 Å². The molecule has 0 radical (unpaired) electrons. The number of nitrogens with zero attached hydrogens (tertiary/aromatic N) is 2. The van der Waals surface area contributed by atoms with Gasteiger partial charge < -0.3 is 16.0 Å². The maximum absolute atomic E-state index is 11.1. The average Bonchev–Trinajstić information content (AvgIpc) is 3.46. The molecule has 2 saturated heterocycles. The SMILES string of the molecule is O=C1NC(=O)c2cnccc21.O=C1NCC2CNCCC12.O=C1NCc2cnccc21. The number of amides is 4. The van der Waals surface area contributed by atoms with E-state index in [4.69, 9.17) is 0 Å². The molecule has 2 aromatic rings. The minimum Gasteiger partial charge on any atom is -0.355 e. The van der Waals surface area contributed by atoms with Gasteiger partial charge in [-0.1, -0.05) is 0 Å². The molecule has 4 N–H and O–H groups in total. The molecule has 10 nitrogen and oxygen atoms in total. The molecule has 0 bridgehead atoms. The fourth-order valence-electron chi connectivity index (χ4n) is 3.92. The molecule has 0 aliphatic carbocycles. The Morgan fingerprint density at radius 1 is 0.806 bits per heavy atom. The zero-order valence-corrected chi connectivity index (χ0v) is 16.7. The standard InChI is InChI=1S/C7H4N2O2.C7H12N2O.C7H6N2O/c10-6-4-1-2-8-3-5(4)7(11)9-6;2*10-7-6-1-2-8-3-5(6)4-9-7/h1-3H,(H,9,10,11);5-6,8H,1-4H2,(H,9,10);1-3H,4H2,(H,9,10). The van der Waals surface area contributed by atoms with Crippen molar-refractivity contribution >= 4 is 23.6 Å². The van der Waals surface area contributed by atoms with Crippen molar-refractivity contribution in [2.75, 3.05) is 19.6 Å². The van der Waals surface area contributed by atoms with E-state index in [1.807, 2.05) is 0 Å². The molecule has 0 spiro atoms. The predicted molar refractivity (Wildman–Crippen MR) is 109 cm³/mol. The summed E-state index contributed by atoms with van der Waals surface area (Å²) in [6.45, 7) is 3.54. The van der Waals surface area contributed by atoms with Gasteiger partial charge in [0.1, 0.15) is 0 Å². The molecular formula is C21H22N6O4. The number of hydrogen-bond acceptors (Lipinski definition) is 7. The van der Waals surface area contributed by atoms with E-state index in [0.29, 0.717) is 29.5 Å². The second kappa shape index (κ2) is 9.00. The molecule has 2 fully saturated rings. The van der Waals surface area contributed by atoms with Crippen LogP contribution >= 0.6 is 0 Å². The van der Waals surface area contributed by atoms with E-state index in [-0.39, 0.29) is 23.6 Å². The summed E-state index contributed by atoms with van der Waals surface area (Å²) in [6, 6.07) is 3.26. The van der Waals surface area contributed by atoms with E-state index in [2.05, 4.69) is 31.2 Å². The molecule has 2 unspecified atom stereocenters. The highest BCUT2D eigenvalue weighted by Crippen LogP contribution is 2.23. The van der Waals surface area contributed by atoms with Gasteiger partial charge in [-0.05, 0) is 25.1 Å². The van der Waals surface area contributed by atoms with Crippen molar-refractivity contribution in [1.29, 1.82) is 0 Å².